The minimum atomic E-state index is -3.97. The number of esters is 1. The van der Waals surface area contributed by atoms with Crippen molar-refractivity contribution in [2.75, 3.05) is 6.61 Å². The standard InChI is InChI=1S/C17H15NO5S/c1-12-3-4-13(2)16(11-12)24(20,21)23-15-7-5-14(6-8-15)17(19)22-10-9-18/h3-8,11H,10H2,1-2H3. The fourth-order valence-electron chi connectivity index (χ4n) is 1.98. The SMILES string of the molecule is Cc1ccc(C)c(S(=O)(=O)Oc2ccc(C(=O)OCC#N)cc2)c1. The van der Waals surface area contributed by atoms with E-state index in [1.54, 1.807) is 26.0 Å². The Balaban J connectivity index is 2.20. The van der Waals surface area contributed by atoms with Crippen LogP contribution in [0.15, 0.2) is 47.4 Å². The molecule has 124 valence electrons. The molecule has 0 aliphatic heterocycles. The van der Waals surface area contributed by atoms with Crippen molar-refractivity contribution in [3.8, 4) is 11.8 Å². The van der Waals surface area contributed by atoms with Crippen LogP contribution < -0.4 is 4.18 Å². The third kappa shape index (κ3) is 4.12. The van der Waals surface area contributed by atoms with Crippen LogP contribution in [0, 0.1) is 25.2 Å². The van der Waals surface area contributed by atoms with E-state index in [2.05, 4.69) is 4.74 Å². The average Bonchev–Trinajstić information content (AvgIpc) is 2.55. The highest BCUT2D eigenvalue weighted by molar-refractivity contribution is 7.87. The molecule has 0 radical (unpaired) electrons. The number of hydrogen-bond acceptors (Lipinski definition) is 6. The van der Waals surface area contributed by atoms with Gasteiger partial charge in [0, 0.05) is 0 Å². The van der Waals surface area contributed by atoms with Gasteiger partial charge < -0.3 is 8.92 Å². The van der Waals surface area contributed by atoms with Crippen LogP contribution in [-0.4, -0.2) is 21.0 Å². The molecule has 6 nitrogen and oxygen atoms in total. The molecule has 0 heterocycles. The molecule has 2 aromatic carbocycles. The first kappa shape index (κ1) is 17.5. The van der Waals surface area contributed by atoms with Crippen LogP contribution in [0.1, 0.15) is 21.5 Å². The third-order valence-electron chi connectivity index (χ3n) is 3.18. The van der Waals surface area contributed by atoms with Crippen LogP contribution in [-0.2, 0) is 14.9 Å². The first-order valence-electron chi connectivity index (χ1n) is 6.99. The molecular formula is C17H15NO5S. The number of nitrogens with zero attached hydrogens (tertiary/aromatic N) is 1. The first-order valence-corrected chi connectivity index (χ1v) is 8.40. The summed E-state index contributed by atoms with van der Waals surface area (Å²) in [7, 11) is -3.97. The Labute approximate surface area is 140 Å². The van der Waals surface area contributed by atoms with Crippen molar-refractivity contribution < 1.29 is 22.1 Å². The summed E-state index contributed by atoms with van der Waals surface area (Å²) in [6.45, 7) is 3.13. The van der Waals surface area contributed by atoms with Crippen LogP contribution in [0.4, 0.5) is 0 Å². The van der Waals surface area contributed by atoms with Crippen LogP contribution in [0.3, 0.4) is 0 Å². The summed E-state index contributed by atoms with van der Waals surface area (Å²) in [5.74, 6) is -0.590. The summed E-state index contributed by atoms with van der Waals surface area (Å²) in [5, 5.41) is 8.37. The van der Waals surface area contributed by atoms with Crippen molar-refractivity contribution in [2.24, 2.45) is 0 Å². The lowest BCUT2D eigenvalue weighted by molar-refractivity contribution is 0.0555. The molecule has 0 unspecified atom stereocenters. The zero-order valence-electron chi connectivity index (χ0n) is 13.1. The monoisotopic (exact) mass is 345 g/mol. The van der Waals surface area contributed by atoms with Gasteiger partial charge in [0.15, 0.2) is 6.61 Å². The molecule has 0 fully saturated rings. The molecule has 7 heteroatoms. The Morgan fingerprint density at radius 1 is 1.12 bits per heavy atom. The summed E-state index contributed by atoms with van der Waals surface area (Å²) in [5.41, 5.74) is 1.58. The van der Waals surface area contributed by atoms with E-state index in [0.717, 1.165) is 5.56 Å². The second-order valence-corrected chi connectivity index (χ2v) is 6.58. The van der Waals surface area contributed by atoms with Gasteiger partial charge in [-0.15, -0.1) is 0 Å². The maximum Gasteiger partial charge on any atom is 0.339 e. The molecule has 0 atom stereocenters. The van der Waals surface area contributed by atoms with Crippen LogP contribution in [0.2, 0.25) is 0 Å². The number of carbonyl (C=O) groups is 1. The van der Waals surface area contributed by atoms with Crippen molar-refractivity contribution in [1.29, 1.82) is 5.26 Å². The molecule has 0 aliphatic carbocycles. The quantitative estimate of drug-likeness (QED) is 0.611. The minimum Gasteiger partial charge on any atom is -0.447 e. The fraction of sp³-hybridized carbons (Fsp3) is 0.176. The summed E-state index contributed by atoms with van der Waals surface area (Å²) >= 11 is 0. The molecule has 2 rings (SSSR count). The van der Waals surface area contributed by atoms with Crippen molar-refractivity contribution >= 4 is 16.1 Å². The van der Waals surface area contributed by atoms with Crippen LogP contribution >= 0.6 is 0 Å². The van der Waals surface area contributed by atoms with Gasteiger partial charge in [-0.25, -0.2) is 4.79 Å². The van der Waals surface area contributed by atoms with Crippen molar-refractivity contribution in [3.63, 3.8) is 0 Å². The summed E-state index contributed by atoms with van der Waals surface area (Å²) in [6.07, 6.45) is 0. The molecule has 0 saturated carbocycles. The number of nitriles is 1. The lowest BCUT2D eigenvalue weighted by Crippen LogP contribution is -2.12. The smallest absolute Gasteiger partial charge is 0.339 e. The Morgan fingerprint density at radius 3 is 2.42 bits per heavy atom. The summed E-state index contributed by atoms with van der Waals surface area (Å²) < 4.78 is 34.5. The Bertz CT molecular complexity index is 896. The maximum absolute atomic E-state index is 12.4. The molecule has 0 N–H and O–H groups in total. The van der Waals surface area contributed by atoms with Gasteiger partial charge in [0.05, 0.1) is 5.56 Å². The van der Waals surface area contributed by atoms with Gasteiger partial charge in [-0.2, -0.15) is 13.7 Å². The average molecular weight is 345 g/mol. The topological polar surface area (TPSA) is 93.5 Å². The molecule has 0 aromatic heterocycles. The van der Waals surface area contributed by atoms with Gasteiger partial charge in [-0.05, 0) is 55.3 Å². The maximum atomic E-state index is 12.4. The van der Waals surface area contributed by atoms with Gasteiger partial charge >= 0.3 is 16.1 Å². The molecule has 0 spiro atoms. The lowest BCUT2D eigenvalue weighted by Gasteiger charge is -2.10. The van der Waals surface area contributed by atoms with Crippen molar-refractivity contribution in [1.82, 2.24) is 0 Å². The predicted molar refractivity (Wildman–Crippen MR) is 86.1 cm³/mol. The molecule has 0 saturated heterocycles. The lowest BCUT2D eigenvalue weighted by atomic mass is 10.2. The van der Waals surface area contributed by atoms with Gasteiger partial charge in [0.2, 0.25) is 0 Å². The molecule has 0 bridgehead atoms. The predicted octanol–water partition coefficient (Wildman–Crippen LogP) is 2.75. The van der Waals surface area contributed by atoms with Crippen LogP contribution in [0.5, 0.6) is 5.75 Å². The van der Waals surface area contributed by atoms with E-state index in [-0.39, 0.29) is 22.8 Å². The molecule has 24 heavy (non-hydrogen) atoms. The normalized spacial score (nSPS) is 10.7. The highest BCUT2D eigenvalue weighted by atomic mass is 32.2. The van der Waals surface area contributed by atoms with Crippen LogP contribution in [0.25, 0.3) is 0 Å². The zero-order chi connectivity index (χ0) is 17.7. The highest BCUT2D eigenvalue weighted by Gasteiger charge is 2.19. The number of ether oxygens (including phenoxy) is 1. The number of benzene rings is 2. The van der Waals surface area contributed by atoms with Gasteiger partial charge in [0.25, 0.3) is 0 Å². The van der Waals surface area contributed by atoms with Crippen molar-refractivity contribution in [3.05, 3.63) is 59.2 Å². The van der Waals surface area contributed by atoms with Gasteiger partial charge in [-0.1, -0.05) is 12.1 Å². The molecule has 2 aromatic rings. The highest BCUT2D eigenvalue weighted by Crippen LogP contribution is 2.22. The fourth-order valence-corrected chi connectivity index (χ4v) is 3.22. The van der Waals surface area contributed by atoms with Gasteiger partial charge in [0.1, 0.15) is 16.7 Å². The number of carbonyl (C=O) groups excluding carboxylic acids is 1. The van der Waals surface area contributed by atoms with E-state index in [4.69, 9.17) is 9.44 Å². The Hall–Kier alpha value is -2.85. The van der Waals surface area contributed by atoms with E-state index < -0.39 is 16.1 Å². The largest absolute Gasteiger partial charge is 0.447 e. The van der Waals surface area contributed by atoms with E-state index in [0.29, 0.717) is 5.56 Å². The van der Waals surface area contributed by atoms with E-state index in [1.807, 2.05) is 6.07 Å². The van der Waals surface area contributed by atoms with Gasteiger partial charge in [-0.3, -0.25) is 0 Å². The Kier molecular flexibility index (Phi) is 5.21. The minimum absolute atomic E-state index is 0.0766. The van der Waals surface area contributed by atoms with E-state index >= 15 is 0 Å². The zero-order valence-corrected chi connectivity index (χ0v) is 14.0. The number of aryl methyl sites for hydroxylation is 2. The summed E-state index contributed by atoms with van der Waals surface area (Å²) in [6, 6.07) is 12.2. The molecule has 0 amide bonds. The third-order valence-corrected chi connectivity index (χ3v) is 4.57. The Morgan fingerprint density at radius 2 is 1.79 bits per heavy atom. The number of rotatable bonds is 5. The summed E-state index contributed by atoms with van der Waals surface area (Å²) in [4.78, 5) is 11.7. The number of hydrogen-bond donors (Lipinski definition) is 0. The second-order valence-electron chi connectivity index (χ2n) is 5.07. The second kappa shape index (κ2) is 7.15. The van der Waals surface area contributed by atoms with E-state index in [1.165, 1.54) is 30.3 Å². The molecular weight excluding hydrogens is 330 g/mol. The van der Waals surface area contributed by atoms with E-state index in [9.17, 15) is 13.2 Å². The first-order chi connectivity index (χ1) is 11.3. The van der Waals surface area contributed by atoms with Crippen molar-refractivity contribution in [2.45, 2.75) is 18.7 Å². The molecule has 0 aliphatic rings.